The van der Waals surface area contributed by atoms with E-state index in [-0.39, 0.29) is 17.5 Å². The Morgan fingerprint density at radius 3 is 2.57 bits per heavy atom. The molecule has 2 aromatic rings. The summed E-state index contributed by atoms with van der Waals surface area (Å²) in [6.45, 7) is 2.53. The van der Waals surface area contributed by atoms with Crippen LogP contribution in [0.5, 0.6) is 0 Å². The van der Waals surface area contributed by atoms with Crippen molar-refractivity contribution in [3.63, 3.8) is 0 Å². The smallest absolute Gasteiger partial charge is 0.267 e. The maximum absolute atomic E-state index is 13.6. The van der Waals surface area contributed by atoms with Crippen LogP contribution in [-0.2, 0) is 14.3 Å². The maximum Gasteiger partial charge on any atom is 0.267 e. The van der Waals surface area contributed by atoms with Crippen LogP contribution in [0.2, 0.25) is 0 Å². The number of amides is 1. The highest BCUT2D eigenvalue weighted by molar-refractivity contribution is 8.26. The number of anilines is 1. The first-order chi connectivity index (χ1) is 17.0. The lowest BCUT2D eigenvalue weighted by Gasteiger charge is -2.38. The summed E-state index contributed by atoms with van der Waals surface area (Å²) >= 11 is 6.90. The Hall–Kier alpha value is -2.27. The molecule has 1 aliphatic carbocycles. The molecule has 184 valence electrons. The number of piperidine rings is 1. The Morgan fingerprint density at radius 1 is 1.09 bits per heavy atom. The van der Waals surface area contributed by atoms with Gasteiger partial charge in [-0.3, -0.25) is 18.9 Å². The topological polar surface area (TPSA) is 76.4 Å². The normalized spacial score (nSPS) is 24.4. The standard InChI is InChI=1S/C25H28N4O4S2/c30-22-18(16-19-23(31)29(24(34)35-19)17-6-2-1-3-7-17)21(26-20-8-4-5-11-28(20)22)27-12-9-25(10-13-27)32-14-15-33-25/h4-5,8,11,16-17H,1-3,6-7,9-10,12-15H2/b19-16+. The summed E-state index contributed by atoms with van der Waals surface area (Å²) in [4.78, 5) is 36.3. The lowest BCUT2D eigenvalue weighted by Crippen LogP contribution is -2.46. The number of pyridine rings is 1. The Labute approximate surface area is 213 Å². The van der Waals surface area contributed by atoms with Gasteiger partial charge >= 0.3 is 0 Å². The molecule has 3 saturated heterocycles. The molecule has 2 aromatic heterocycles. The van der Waals surface area contributed by atoms with Crippen molar-refractivity contribution in [1.29, 1.82) is 0 Å². The summed E-state index contributed by atoms with van der Waals surface area (Å²) in [5.74, 6) is -0.0249. The molecular weight excluding hydrogens is 484 g/mol. The third-order valence-corrected chi connectivity index (χ3v) is 8.76. The molecule has 1 amide bonds. The second-order valence-corrected chi connectivity index (χ2v) is 11.2. The predicted molar refractivity (Wildman–Crippen MR) is 139 cm³/mol. The van der Waals surface area contributed by atoms with Gasteiger partial charge in [0.05, 0.1) is 23.7 Å². The highest BCUT2D eigenvalue weighted by Gasteiger charge is 2.41. The zero-order valence-corrected chi connectivity index (χ0v) is 21.1. The molecule has 35 heavy (non-hydrogen) atoms. The van der Waals surface area contributed by atoms with Crippen molar-refractivity contribution in [3.05, 3.63) is 45.2 Å². The van der Waals surface area contributed by atoms with E-state index in [1.54, 1.807) is 17.2 Å². The SMILES string of the molecule is O=C1/C(=C\c2c(N3CCC4(CC3)OCCO4)nc3ccccn3c2=O)SC(=S)N1C1CCCCC1. The van der Waals surface area contributed by atoms with Crippen LogP contribution in [0.15, 0.2) is 34.1 Å². The second-order valence-electron chi connectivity index (χ2n) is 9.52. The minimum Gasteiger partial charge on any atom is -0.355 e. The van der Waals surface area contributed by atoms with Crippen LogP contribution in [-0.4, -0.2) is 62.6 Å². The van der Waals surface area contributed by atoms with Crippen molar-refractivity contribution in [2.45, 2.75) is 56.8 Å². The molecular formula is C25H28N4O4S2. The fraction of sp³-hybridized carbons (Fsp3) is 0.520. The Balaban J connectivity index is 1.37. The fourth-order valence-electron chi connectivity index (χ4n) is 5.57. The van der Waals surface area contributed by atoms with Crippen LogP contribution >= 0.6 is 24.0 Å². The highest BCUT2D eigenvalue weighted by atomic mass is 32.2. The van der Waals surface area contributed by atoms with Crippen molar-refractivity contribution in [2.75, 3.05) is 31.2 Å². The second kappa shape index (κ2) is 9.31. The van der Waals surface area contributed by atoms with E-state index in [2.05, 4.69) is 4.90 Å². The molecule has 3 aliphatic heterocycles. The largest absolute Gasteiger partial charge is 0.355 e. The van der Waals surface area contributed by atoms with E-state index < -0.39 is 5.79 Å². The van der Waals surface area contributed by atoms with E-state index in [1.807, 2.05) is 18.2 Å². The average Bonchev–Trinajstić information content (AvgIpc) is 3.45. The molecule has 1 saturated carbocycles. The highest BCUT2D eigenvalue weighted by Crippen LogP contribution is 2.38. The lowest BCUT2D eigenvalue weighted by atomic mass is 9.94. The zero-order chi connectivity index (χ0) is 24.0. The van der Waals surface area contributed by atoms with E-state index in [1.165, 1.54) is 22.6 Å². The first-order valence-corrected chi connectivity index (χ1v) is 13.6. The van der Waals surface area contributed by atoms with Gasteiger partial charge < -0.3 is 14.4 Å². The molecule has 8 nitrogen and oxygen atoms in total. The molecule has 6 rings (SSSR count). The minimum atomic E-state index is -0.523. The number of hydrogen-bond acceptors (Lipinski definition) is 8. The molecule has 4 aliphatic rings. The number of nitrogens with zero attached hydrogens (tertiary/aromatic N) is 4. The van der Waals surface area contributed by atoms with Gasteiger partial charge in [-0.1, -0.05) is 49.3 Å². The quantitative estimate of drug-likeness (QED) is 0.456. The monoisotopic (exact) mass is 512 g/mol. The summed E-state index contributed by atoms with van der Waals surface area (Å²) in [5, 5.41) is 0. The number of ether oxygens (including phenoxy) is 2. The Bertz CT molecular complexity index is 1250. The van der Waals surface area contributed by atoms with Gasteiger partial charge in [0.2, 0.25) is 0 Å². The summed E-state index contributed by atoms with van der Waals surface area (Å²) in [6, 6.07) is 5.65. The molecule has 1 spiro atoms. The number of thioether (sulfide) groups is 1. The van der Waals surface area contributed by atoms with Crippen LogP contribution in [0.25, 0.3) is 11.7 Å². The molecule has 0 atom stereocenters. The van der Waals surface area contributed by atoms with Gasteiger partial charge in [-0.05, 0) is 31.1 Å². The molecule has 0 radical (unpaired) electrons. The summed E-state index contributed by atoms with van der Waals surface area (Å²) in [7, 11) is 0. The molecule has 4 fully saturated rings. The number of fused-ring (bicyclic) bond motifs is 1. The van der Waals surface area contributed by atoms with Crippen LogP contribution < -0.4 is 10.5 Å². The maximum atomic E-state index is 13.6. The molecule has 10 heteroatoms. The number of carbonyl (C=O) groups is 1. The van der Waals surface area contributed by atoms with Gasteiger partial charge in [0.25, 0.3) is 11.5 Å². The van der Waals surface area contributed by atoms with Gasteiger partial charge in [-0.25, -0.2) is 4.98 Å². The molecule has 0 bridgehead atoms. The van der Waals surface area contributed by atoms with Gasteiger partial charge in [0.1, 0.15) is 15.8 Å². The summed E-state index contributed by atoms with van der Waals surface area (Å²) < 4.78 is 13.9. The third-order valence-electron chi connectivity index (χ3n) is 7.43. The molecule has 0 N–H and O–H groups in total. The van der Waals surface area contributed by atoms with Gasteiger partial charge in [0, 0.05) is 38.2 Å². The van der Waals surface area contributed by atoms with Crippen LogP contribution in [0.3, 0.4) is 0 Å². The average molecular weight is 513 g/mol. The third kappa shape index (κ3) is 4.20. The van der Waals surface area contributed by atoms with Gasteiger partial charge in [-0.2, -0.15) is 0 Å². The number of aromatic nitrogens is 2. The molecule has 5 heterocycles. The van der Waals surface area contributed by atoms with Crippen molar-refractivity contribution >= 4 is 51.7 Å². The van der Waals surface area contributed by atoms with E-state index >= 15 is 0 Å². The summed E-state index contributed by atoms with van der Waals surface area (Å²) in [6.07, 6.45) is 10.2. The van der Waals surface area contributed by atoms with E-state index in [4.69, 9.17) is 26.7 Å². The number of carbonyl (C=O) groups excluding carboxylic acids is 1. The van der Waals surface area contributed by atoms with Crippen molar-refractivity contribution in [3.8, 4) is 0 Å². The van der Waals surface area contributed by atoms with Crippen LogP contribution in [0, 0.1) is 0 Å². The van der Waals surface area contributed by atoms with E-state index in [0.717, 1.165) is 25.7 Å². The lowest BCUT2D eigenvalue weighted by molar-refractivity contribution is -0.169. The van der Waals surface area contributed by atoms with E-state index in [0.29, 0.717) is 65.4 Å². The summed E-state index contributed by atoms with van der Waals surface area (Å²) in [5.41, 5.74) is 0.803. The van der Waals surface area contributed by atoms with Gasteiger partial charge in [0.15, 0.2) is 5.79 Å². The fourth-order valence-corrected chi connectivity index (χ4v) is 6.95. The zero-order valence-electron chi connectivity index (χ0n) is 19.5. The number of rotatable bonds is 3. The number of thiocarbonyl (C=S) groups is 1. The van der Waals surface area contributed by atoms with Crippen LogP contribution in [0.1, 0.15) is 50.5 Å². The Morgan fingerprint density at radius 2 is 1.83 bits per heavy atom. The minimum absolute atomic E-state index is 0.0965. The van der Waals surface area contributed by atoms with Crippen molar-refractivity contribution in [1.82, 2.24) is 14.3 Å². The van der Waals surface area contributed by atoms with Crippen LogP contribution in [0.4, 0.5) is 5.82 Å². The first kappa shape index (κ1) is 23.1. The van der Waals surface area contributed by atoms with Gasteiger partial charge in [-0.15, -0.1) is 0 Å². The first-order valence-electron chi connectivity index (χ1n) is 12.4. The molecule has 0 unspecified atom stereocenters. The number of hydrogen-bond donors (Lipinski definition) is 0. The van der Waals surface area contributed by atoms with Crippen molar-refractivity contribution < 1.29 is 14.3 Å². The van der Waals surface area contributed by atoms with E-state index in [9.17, 15) is 9.59 Å². The van der Waals surface area contributed by atoms with Crippen molar-refractivity contribution in [2.24, 2.45) is 0 Å². The predicted octanol–water partition coefficient (Wildman–Crippen LogP) is 3.57. The molecule has 0 aromatic carbocycles. The Kier molecular flexibility index (Phi) is 6.16.